The summed E-state index contributed by atoms with van der Waals surface area (Å²) in [6.45, 7) is 1.49. The van der Waals surface area contributed by atoms with Gasteiger partial charge in [-0.25, -0.2) is 4.98 Å². The molecule has 4 aromatic rings. The molecule has 2 amide bonds. The summed E-state index contributed by atoms with van der Waals surface area (Å²) in [5.41, 5.74) is 2.93. The van der Waals surface area contributed by atoms with E-state index < -0.39 is 0 Å². The summed E-state index contributed by atoms with van der Waals surface area (Å²) in [4.78, 5) is 40.7. The molecule has 0 aliphatic carbocycles. The molecular weight excluding hydrogens is 513 g/mol. The van der Waals surface area contributed by atoms with Crippen molar-refractivity contribution in [2.24, 2.45) is 0 Å². The second-order valence-electron chi connectivity index (χ2n) is 7.21. The Morgan fingerprint density at radius 2 is 1.68 bits per heavy atom. The number of nitrogens with one attached hydrogen (secondary N) is 2. The van der Waals surface area contributed by atoms with Crippen LogP contribution in [0.25, 0.3) is 10.2 Å². The van der Waals surface area contributed by atoms with Crippen LogP contribution in [0.1, 0.15) is 27.6 Å². The van der Waals surface area contributed by atoms with E-state index in [0.29, 0.717) is 27.5 Å². The third-order valence-corrected chi connectivity index (χ3v) is 7.41. The average molecular weight is 530 g/mol. The molecule has 0 spiro atoms. The molecule has 0 aliphatic heterocycles. The summed E-state index contributed by atoms with van der Waals surface area (Å²) in [7, 11) is 0. The zero-order chi connectivity index (χ0) is 24.2. The number of amides is 2. The van der Waals surface area contributed by atoms with Crippen molar-refractivity contribution in [3.05, 3.63) is 81.8 Å². The van der Waals surface area contributed by atoms with Crippen LogP contribution < -0.4 is 10.6 Å². The number of Topliss-reactive ketones (excluding diaryl/α,β-unsaturated/α-hetero) is 1. The van der Waals surface area contributed by atoms with E-state index in [4.69, 9.17) is 23.2 Å². The molecule has 0 saturated carbocycles. The zero-order valence-corrected chi connectivity index (χ0v) is 20.9. The highest BCUT2D eigenvalue weighted by molar-refractivity contribution is 8.01. The van der Waals surface area contributed by atoms with Gasteiger partial charge in [0.25, 0.3) is 5.91 Å². The minimum absolute atomic E-state index is 0.0271. The van der Waals surface area contributed by atoms with Crippen LogP contribution in [-0.4, -0.2) is 28.3 Å². The quantitative estimate of drug-likeness (QED) is 0.203. The van der Waals surface area contributed by atoms with Gasteiger partial charge in [-0.1, -0.05) is 35.0 Å². The number of hydrogen-bond donors (Lipinski definition) is 2. The summed E-state index contributed by atoms with van der Waals surface area (Å²) in [5.74, 6) is -0.353. The van der Waals surface area contributed by atoms with Gasteiger partial charge in [0.1, 0.15) is 0 Å². The molecule has 2 N–H and O–H groups in total. The van der Waals surface area contributed by atoms with Gasteiger partial charge < -0.3 is 10.6 Å². The molecule has 0 unspecified atom stereocenters. The van der Waals surface area contributed by atoms with E-state index in [0.717, 1.165) is 14.6 Å². The Kier molecular flexibility index (Phi) is 7.53. The molecule has 6 nitrogen and oxygen atoms in total. The number of benzene rings is 3. The highest BCUT2D eigenvalue weighted by atomic mass is 35.5. The van der Waals surface area contributed by atoms with Crippen molar-refractivity contribution >= 4 is 85.5 Å². The highest BCUT2D eigenvalue weighted by Crippen LogP contribution is 2.32. The molecular formula is C24H17Cl2N3O3S2. The maximum Gasteiger partial charge on any atom is 0.257 e. The smallest absolute Gasteiger partial charge is 0.257 e. The Balaban J connectivity index is 1.37. The van der Waals surface area contributed by atoms with Gasteiger partial charge in [-0.2, -0.15) is 0 Å². The standard InChI is InChI=1S/C24H17Cl2N3O3S2/c1-13(30)14-2-5-16(6-3-14)27-22(31)12-33-24-29-20-9-7-17(11-21(20)34-24)28-23(32)18-8-4-15(25)10-19(18)26/h2-11H,12H2,1H3,(H,27,31)(H,28,32). The zero-order valence-electron chi connectivity index (χ0n) is 17.7. The van der Waals surface area contributed by atoms with Crippen LogP contribution in [0.4, 0.5) is 11.4 Å². The van der Waals surface area contributed by atoms with E-state index in [1.807, 2.05) is 12.1 Å². The topological polar surface area (TPSA) is 88.2 Å². The molecule has 4 rings (SSSR count). The fourth-order valence-corrected chi connectivity index (χ4v) is 5.43. The van der Waals surface area contributed by atoms with Gasteiger partial charge in [0, 0.05) is 22.0 Å². The normalized spacial score (nSPS) is 10.8. The molecule has 0 saturated heterocycles. The van der Waals surface area contributed by atoms with E-state index in [2.05, 4.69) is 15.6 Å². The van der Waals surface area contributed by atoms with Crippen molar-refractivity contribution < 1.29 is 14.4 Å². The van der Waals surface area contributed by atoms with Crippen molar-refractivity contribution in [1.29, 1.82) is 0 Å². The molecule has 0 bridgehead atoms. The fraction of sp³-hybridized carbons (Fsp3) is 0.0833. The van der Waals surface area contributed by atoms with E-state index in [9.17, 15) is 14.4 Å². The number of nitrogens with zero attached hydrogens (tertiary/aromatic N) is 1. The van der Waals surface area contributed by atoms with Crippen LogP contribution in [0.5, 0.6) is 0 Å². The van der Waals surface area contributed by atoms with Gasteiger partial charge in [0.15, 0.2) is 10.1 Å². The lowest BCUT2D eigenvalue weighted by atomic mass is 10.1. The fourth-order valence-electron chi connectivity index (χ4n) is 3.03. The largest absolute Gasteiger partial charge is 0.325 e. The van der Waals surface area contributed by atoms with Gasteiger partial charge in [-0.05, 0) is 67.6 Å². The second kappa shape index (κ2) is 10.6. The first-order valence-electron chi connectivity index (χ1n) is 9.99. The predicted molar refractivity (Wildman–Crippen MR) is 140 cm³/mol. The monoisotopic (exact) mass is 529 g/mol. The molecule has 10 heteroatoms. The van der Waals surface area contributed by atoms with Crippen molar-refractivity contribution in [3.8, 4) is 0 Å². The van der Waals surface area contributed by atoms with Crippen molar-refractivity contribution in [3.63, 3.8) is 0 Å². The van der Waals surface area contributed by atoms with Crippen LogP contribution in [0.2, 0.25) is 10.0 Å². The number of carbonyl (C=O) groups excluding carboxylic acids is 3. The molecule has 3 aromatic carbocycles. The Labute approximate surface area is 213 Å². The Bertz CT molecular complexity index is 1400. The second-order valence-corrected chi connectivity index (χ2v) is 10.3. The molecule has 0 aliphatic rings. The van der Waals surface area contributed by atoms with E-state index in [1.54, 1.807) is 42.5 Å². The summed E-state index contributed by atoms with van der Waals surface area (Å²) in [6.07, 6.45) is 0. The minimum Gasteiger partial charge on any atom is -0.325 e. The van der Waals surface area contributed by atoms with Gasteiger partial charge in [-0.3, -0.25) is 14.4 Å². The minimum atomic E-state index is -0.340. The van der Waals surface area contributed by atoms with Crippen LogP contribution in [0, 0.1) is 0 Å². The number of thioether (sulfide) groups is 1. The third-order valence-electron chi connectivity index (χ3n) is 4.70. The predicted octanol–water partition coefficient (Wildman–Crippen LogP) is 6.79. The molecule has 0 atom stereocenters. The number of hydrogen-bond acceptors (Lipinski definition) is 6. The van der Waals surface area contributed by atoms with Crippen molar-refractivity contribution in [2.75, 3.05) is 16.4 Å². The maximum absolute atomic E-state index is 12.6. The number of aromatic nitrogens is 1. The van der Waals surface area contributed by atoms with E-state index >= 15 is 0 Å². The summed E-state index contributed by atoms with van der Waals surface area (Å²) >= 11 is 14.8. The number of anilines is 2. The third kappa shape index (κ3) is 5.95. The lowest BCUT2D eigenvalue weighted by Crippen LogP contribution is -2.13. The van der Waals surface area contributed by atoms with E-state index in [1.165, 1.54) is 36.1 Å². The summed E-state index contributed by atoms with van der Waals surface area (Å²) < 4.78 is 1.61. The first-order valence-corrected chi connectivity index (χ1v) is 12.5. The van der Waals surface area contributed by atoms with Gasteiger partial charge in [0.2, 0.25) is 5.91 Å². The molecule has 0 radical (unpaired) electrons. The summed E-state index contributed by atoms with van der Waals surface area (Å²) in [6, 6.07) is 16.8. The van der Waals surface area contributed by atoms with Crippen molar-refractivity contribution in [1.82, 2.24) is 4.98 Å². The van der Waals surface area contributed by atoms with Gasteiger partial charge >= 0.3 is 0 Å². The number of carbonyl (C=O) groups is 3. The van der Waals surface area contributed by atoms with E-state index in [-0.39, 0.29) is 28.4 Å². The molecule has 1 heterocycles. The van der Waals surface area contributed by atoms with Crippen LogP contribution >= 0.6 is 46.3 Å². The molecule has 1 aromatic heterocycles. The number of rotatable bonds is 7. The average Bonchev–Trinajstić information content (AvgIpc) is 3.20. The van der Waals surface area contributed by atoms with Crippen LogP contribution in [0.15, 0.2) is 65.0 Å². The Morgan fingerprint density at radius 3 is 2.38 bits per heavy atom. The number of thiazole rings is 1. The Morgan fingerprint density at radius 1 is 0.941 bits per heavy atom. The lowest BCUT2D eigenvalue weighted by Gasteiger charge is -2.07. The first-order chi connectivity index (χ1) is 16.3. The van der Waals surface area contributed by atoms with Crippen molar-refractivity contribution in [2.45, 2.75) is 11.3 Å². The SMILES string of the molecule is CC(=O)c1ccc(NC(=O)CSc2nc3ccc(NC(=O)c4ccc(Cl)cc4Cl)cc3s2)cc1. The first kappa shape index (κ1) is 24.2. The molecule has 34 heavy (non-hydrogen) atoms. The molecule has 0 fully saturated rings. The number of fused-ring (bicyclic) bond motifs is 1. The molecule has 172 valence electrons. The number of ketones is 1. The van der Waals surface area contributed by atoms with Gasteiger partial charge in [0.05, 0.1) is 26.6 Å². The number of halogens is 2. The van der Waals surface area contributed by atoms with Crippen LogP contribution in [-0.2, 0) is 4.79 Å². The maximum atomic E-state index is 12.6. The van der Waals surface area contributed by atoms with Crippen LogP contribution in [0.3, 0.4) is 0 Å². The highest BCUT2D eigenvalue weighted by Gasteiger charge is 2.13. The lowest BCUT2D eigenvalue weighted by molar-refractivity contribution is -0.113. The Hall–Kier alpha value is -2.91. The van der Waals surface area contributed by atoms with Gasteiger partial charge in [-0.15, -0.1) is 11.3 Å². The summed E-state index contributed by atoms with van der Waals surface area (Å²) in [5, 5.41) is 6.36.